The van der Waals surface area contributed by atoms with E-state index in [0.717, 1.165) is 19.5 Å². The van der Waals surface area contributed by atoms with Crippen LogP contribution in [0.25, 0.3) is 0 Å². The predicted molar refractivity (Wildman–Crippen MR) is 84.6 cm³/mol. The Hall–Kier alpha value is -0.860. The molecule has 1 N–H and O–H groups in total. The van der Waals surface area contributed by atoms with Crippen molar-refractivity contribution in [2.75, 3.05) is 20.1 Å². The quantitative estimate of drug-likeness (QED) is 0.734. The monoisotopic (exact) mass is 262 g/mol. The summed E-state index contributed by atoms with van der Waals surface area (Å²) >= 11 is 0. The smallest absolute Gasteiger partial charge is 0.0107 e. The number of nitrogens with zero attached hydrogens (tertiary/aromatic N) is 1. The van der Waals surface area contributed by atoms with E-state index in [0.29, 0.717) is 12.1 Å². The van der Waals surface area contributed by atoms with Crippen molar-refractivity contribution in [1.82, 2.24) is 10.2 Å². The van der Waals surface area contributed by atoms with E-state index in [-0.39, 0.29) is 0 Å². The molecular formula is C17H30N2. The minimum Gasteiger partial charge on any atom is -0.312 e. The largest absolute Gasteiger partial charge is 0.312 e. The highest BCUT2D eigenvalue weighted by Gasteiger charge is 2.09. The van der Waals surface area contributed by atoms with Crippen molar-refractivity contribution < 1.29 is 0 Å². The Morgan fingerprint density at radius 3 is 2.37 bits per heavy atom. The molecule has 19 heavy (non-hydrogen) atoms. The van der Waals surface area contributed by atoms with Gasteiger partial charge in [0.25, 0.3) is 0 Å². The molecule has 0 heterocycles. The first-order chi connectivity index (χ1) is 9.17. The lowest BCUT2D eigenvalue weighted by molar-refractivity contribution is 0.247. The minimum absolute atomic E-state index is 0.590. The highest BCUT2D eigenvalue weighted by atomic mass is 15.1. The second kappa shape index (κ2) is 9.11. The van der Waals surface area contributed by atoms with E-state index < -0.39 is 0 Å². The van der Waals surface area contributed by atoms with Crippen LogP contribution in [0.4, 0.5) is 0 Å². The van der Waals surface area contributed by atoms with Crippen molar-refractivity contribution in [2.24, 2.45) is 0 Å². The zero-order valence-electron chi connectivity index (χ0n) is 13.0. The van der Waals surface area contributed by atoms with Gasteiger partial charge in [0.15, 0.2) is 0 Å². The van der Waals surface area contributed by atoms with Crippen molar-refractivity contribution in [3.8, 4) is 0 Å². The van der Waals surface area contributed by atoms with E-state index in [4.69, 9.17) is 0 Å². The first kappa shape index (κ1) is 16.2. The predicted octanol–water partition coefficient (Wildman–Crippen LogP) is 3.33. The second-order valence-corrected chi connectivity index (χ2v) is 5.49. The molecule has 0 saturated heterocycles. The molecule has 2 unspecified atom stereocenters. The molecule has 1 aromatic rings. The van der Waals surface area contributed by atoms with E-state index in [1.807, 2.05) is 0 Å². The van der Waals surface area contributed by atoms with E-state index >= 15 is 0 Å². The molecule has 0 aliphatic rings. The number of hydrogen-bond acceptors (Lipinski definition) is 2. The second-order valence-electron chi connectivity index (χ2n) is 5.49. The molecule has 0 aliphatic carbocycles. The summed E-state index contributed by atoms with van der Waals surface area (Å²) in [5.74, 6) is 0. The highest BCUT2D eigenvalue weighted by Crippen LogP contribution is 2.05. The number of rotatable bonds is 9. The molecule has 0 amide bonds. The molecule has 0 bridgehead atoms. The van der Waals surface area contributed by atoms with Gasteiger partial charge in [-0.05, 0) is 38.8 Å². The fourth-order valence-electron chi connectivity index (χ4n) is 2.24. The van der Waals surface area contributed by atoms with Crippen LogP contribution >= 0.6 is 0 Å². The molecule has 0 radical (unpaired) electrons. The maximum absolute atomic E-state index is 3.69. The van der Waals surface area contributed by atoms with Crippen LogP contribution in [0.15, 0.2) is 30.3 Å². The molecular weight excluding hydrogens is 232 g/mol. The lowest BCUT2D eigenvalue weighted by Crippen LogP contribution is -2.39. The third-order valence-electron chi connectivity index (χ3n) is 4.06. The van der Waals surface area contributed by atoms with Crippen molar-refractivity contribution in [3.63, 3.8) is 0 Å². The van der Waals surface area contributed by atoms with E-state index in [2.05, 4.69) is 68.4 Å². The summed E-state index contributed by atoms with van der Waals surface area (Å²) in [5.41, 5.74) is 1.43. The number of likely N-dealkylation sites (N-methyl/N-ethyl adjacent to an activating group) is 1. The van der Waals surface area contributed by atoms with E-state index in [1.165, 1.54) is 18.4 Å². The van der Waals surface area contributed by atoms with Gasteiger partial charge in [-0.3, -0.25) is 0 Å². The van der Waals surface area contributed by atoms with Gasteiger partial charge in [0.1, 0.15) is 0 Å². The Morgan fingerprint density at radius 1 is 1.11 bits per heavy atom. The lowest BCUT2D eigenvalue weighted by atomic mass is 10.0. The van der Waals surface area contributed by atoms with Crippen molar-refractivity contribution in [1.29, 1.82) is 0 Å². The zero-order chi connectivity index (χ0) is 14.1. The van der Waals surface area contributed by atoms with Crippen LogP contribution in [-0.2, 0) is 6.42 Å². The normalized spacial score (nSPS) is 14.6. The molecule has 0 fully saturated rings. The van der Waals surface area contributed by atoms with E-state index in [1.54, 1.807) is 0 Å². The SMILES string of the molecule is CCC(Cc1ccccc1)NCCN(C)C(C)CC. The molecule has 2 atom stereocenters. The first-order valence-corrected chi connectivity index (χ1v) is 7.64. The van der Waals surface area contributed by atoms with Crippen LogP contribution in [0.2, 0.25) is 0 Å². The molecule has 108 valence electrons. The van der Waals surface area contributed by atoms with Crippen molar-refractivity contribution in [2.45, 2.75) is 52.1 Å². The molecule has 2 nitrogen and oxygen atoms in total. The summed E-state index contributed by atoms with van der Waals surface area (Å²) in [6, 6.07) is 12.0. The Kier molecular flexibility index (Phi) is 7.76. The van der Waals surface area contributed by atoms with E-state index in [9.17, 15) is 0 Å². The van der Waals surface area contributed by atoms with Gasteiger partial charge < -0.3 is 10.2 Å². The van der Waals surface area contributed by atoms with Gasteiger partial charge in [-0.1, -0.05) is 44.2 Å². The summed E-state index contributed by atoms with van der Waals surface area (Å²) in [4.78, 5) is 2.43. The van der Waals surface area contributed by atoms with Crippen LogP contribution < -0.4 is 5.32 Å². The Morgan fingerprint density at radius 2 is 1.79 bits per heavy atom. The van der Waals surface area contributed by atoms with Gasteiger partial charge in [0.05, 0.1) is 0 Å². The van der Waals surface area contributed by atoms with Crippen LogP contribution in [-0.4, -0.2) is 37.1 Å². The van der Waals surface area contributed by atoms with Gasteiger partial charge in [0, 0.05) is 25.2 Å². The van der Waals surface area contributed by atoms with Crippen molar-refractivity contribution in [3.05, 3.63) is 35.9 Å². The zero-order valence-corrected chi connectivity index (χ0v) is 13.0. The lowest BCUT2D eigenvalue weighted by Gasteiger charge is -2.25. The van der Waals surface area contributed by atoms with Gasteiger partial charge in [0.2, 0.25) is 0 Å². The van der Waals surface area contributed by atoms with Crippen LogP contribution in [0.3, 0.4) is 0 Å². The van der Waals surface area contributed by atoms with Gasteiger partial charge in [-0.15, -0.1) is 0 Å². The first-order valence-electron chi connectivity index (χ1n) is 7.64. The van der Waals surface area contributed by atoms with Crippen molar-refractivity contribution >= 4 is 0 Å². The standard InChI is InChI=1S/C17H30N2/c1-5-15(3)19(4)13-12-18-17(6-2)14-16-10-8-7-9-11-16/h7-11,15,17-18H,5-6,12-14H2,1-4H3. The average molecular weight is 262 g/mol. The van der Waals surface area contributed by atoms with Crippen LogP contribution in [0, 0.1) is 0 Å². The Bertz CT molecular complexity index is 323. The summed E-state index contributed by atoms with van der Waals surface area (Å²) in [6.07, 6.45) is 3.53. The van der Waals surface area contributed by atoms with Crippen LogP contribution in [0.5, 0.6) is 0 Å². The summed E-state index contributed by atoms with van der Waals surface area (Å²) < 4.78 is 0. The Labute approximate surface area is 119 Å². The highest BCUT2D eigenvalue weighted by molar-refractivity contribution is 5.15. The van der Waals surface area contributed by atoms with Crippen LogP contribution in [0.1, 0.15) is 39.2 Å². The third-order valence-corrected chi connectivity index (χ3v) is 4.06. The maximum Gasteiger partial charge on any atom is 0.0107 e. The molecule has 0 aromatic heterocycles. The Balaban J connectivity index is 2.29. The number of benzene rings is 1. The summed E-state index contributed by atoms with van der Waals surface area (Å²) in [7, 11) is 2.22. The topological polar surface area (TPSA) is 15.3 Å². The molecule has 2 heteroatoms. The fourth-order valence-corrected chi connectivity index (χ4v) is 2.24. The third kappa shape index (κ3) is 6.22. The number of nitrogens with one attached hydrogen (secondary N) is 1. The fraction of sp³-hybridized carbons (Fsp3) is 0.647. The van der Waals surface area contributed by atoms with Gasteiger partial charge in [-0.25, -0.2) is 0 Å². The maximum atomic E-state index is 3.69. The molecule has 1 rings (SSSR count). The molecule has 0 spiro atoms. The minimum atomic E-state index is 0.590. The molecule has 0 aliphatic heterocycles. The summed E-state index contributed by atoms with van der Waals surface area (Å²) in [5, 5.41) is 3.69. The average Bonchev–Trinajstić information content (AvgIpc) is 2.46. The van der Waals surface area contributed by atoms with Gasteiger partial charge >= 0.3 is 0 Å². The van der Waals surface area contributed by atoms with Gasteiger partial charge in [-0.2, -0.15) is 0 Å². The molecule has 0 saturated carbocycles. The summed E-state index contributed by atoms with van der Waals surface area (Å²) in [6.45, 7) is 9.01. The molecule has 1 aromatic carbocycles. The number of hydrogen-bond donors (Lipinski definition) is 1.